The lowest BCUT2D eigenvalue weighted by Crippen LogP contribution is -2.02. The standard InChI is InChI=1S/C16H13ClN2O3/c1-22-16(21)11-6-7-19-13(9-20)15(18-14(19)8-11)10-2-4-12(17)5-3-10/h2-8,20H,9H2,1H3. The molecule has 1 aromatic carbocycles. The minimum absolute atomic E-state index is 0.170. The van der Waals surface area contributed by atoms with Crippen LogP contribution in [0.2, 0.25) is 5.02 Å². The van der Waals surface area contributed by atoms with E-state index in [0.29, 0.717) is 27.6 Å². The number of carbonyl (C=O) groups excluding carboxylic acids is 1. The van der Waals surface area contributed by atoms with Gasteiger partial charge in [0.1, 0.15) is 5.65 Å². The molecule has 0 fully saturated rings. The van der Waals surface area contributed by atoms with Crippen LogP contribution in [-0.2, 0) is 11.3 Å². The van der Waals surface area contributed by atoms with E-state index >= 15 is 0 Å². The SMILES string of the molecule is COC(=O)c1ccn2c(CO)c(-c3ccc(Cl)cc3)nc2c1. The van der Waals surface area contributed by atoms with E-state index in [1.807, 2.05) is 12.1 Å². The van der Waals surface area contributed by atoms with E-state index in [1.165, 1.54) is 7.11 Å². The largest absolute Gasteiger partial charge is 0.465 e. The fourth-order valence-corrected chi connectivity index (χ4v) is 2.46. The molecule has 0 aliphatic rings. The van der Waals surface area contributed by atoms with Gasteiger partial charge in [-0.25, -0.2) is 9.78 Å². The number of imidazole rings is 1. The van der Waals surface area contributed by atoms with Crippen molar-refractivity contribution < 1.29 is 14.6 Å². The van der Waals surface area contributed by atoms with Crippen molar-refractivity contribution in [3.63, 3.8) is 0 Å². The van der Waals surface area contributed by atoms with Gasteiger partial charge in [-0.1, -0.05) is 23.7 Å². The molecule has 0 bridgehead atoms. The van der Waals surface area contributed by atoms with E-state index in [0.717, 1.165) is 5.56 Å². The Morgan fingerprint density at radius 2 is 2.05 bits per heavy atom. The number of rotatable bonds is 3. The number of nitrogens with zero attached hydrogens (tertiary/aromatic N) is 2. The number of methoxy groups -OCH3 is 1. The van der Waals surface area contributed by atoms with Crippen molar-refractivity contribution in [2.75, 3.05) is 7.11 Å². The molecule has 0 atom stereocenters. The van der Waals surface area contributed by atoms with Crippen molar-refractivity contribution in [2.24, 2.45) is 0 Å². The number of aliphatic hydroxyl groups is 1. The van der Waals surface area contributed by atoms with Crippen LogP contribution >= 0.6 is 11.6 Å². The van der Waals surface area contributed by atoms with E-state index in [-0.39, 0.29) is 6.61 Å². The van der Waals surface area contributed by atoms with Gasteiger partial charge in [0, 0.05) is 16.8 Å². The van der Waals surface area contributed by atoms with Crippen LogP contribution in [0.5, 0.6) is 0 Å². The normalized spacial score (nSPS) is 10.9. The van der Waals surface area contributed by atoms with E-state index < -0.39 is 5.97 Å². The fraction of sp³-hybridized carbons (Fsp3) is 0.125. The molecule has 3 aromatic rings. The third kappa shape index (κ3) is 2.45. The predicted molar refractivity (Wildman–Crippen MR) is 82.9 cm³/mol. The molecule has 0 radical (unpaired) electrons. The second-order valence-electron chi connectivity index (χ2n) is 4.71. The zero-order valence-electron chi connectivity index (χ0n) is 11.8. The van der Waals surface area contributed by atoms with Gasteiger partial charge in [0.2, 0.25) is 0 Å². The Morgan fingerprint density at radius 3 is 2.68 bits per heavy atom. The van der Waals surface area contributed by atoms with Gasteiger partial charge in [-0.15, -0.1) is 0 Å². The summed E-state index contributed by atoms with van der Waals surface area (Å²) in [7, 11) is 1.33. The maximum Gasteiger partial charge on any atom is 0.338 e. The summed E-state index contributed by atoms with van der Waals surface area (Å²) < 4.78 is 6.45. The average molecular weight is 317 g/mol. The van der Waals surface area contributed by atoms with Crippen LogP contribution in [0.1, 0.15) is 16.1 Å². The fourth-order valence-electron chi connectivity index (χ4n) is 2.33. The molecule has 0 saturated carbocycles. The third-order valence-electron chi connectivity index (χ3n) is 3.41. The van der Waals surface area contributed by atoms with Crippen LogP contribution in [-0.4, -0.2) is 27.6 Å². The summed E-state index contributed by atoms with van der Waals surface area (Å²) in [4.78, 5) is 16.1. The first kappa shape index (κ1) is 14.6. The van der Waals surface area contributed by atoms with Crippen molar-refractivity contribution >= 4 is 23.2 Å². The number of esters is 1. The molecule has 0 spiro atoms. The lowest BCUT2D eigenvalue weighted by atomic mass is 10.1. The molecular formula is C16H13ClN2O3. The van der Waals surface area contributed by atoms with Crippen molar-refractivity contribution in [3.8, 4) is 11.3 Å². The van der Waals surface area contributed by atoms with Gasteiger partial charge in [-0.3, -0.25) is 0 Å². The van der Waals surface area contributed by atoms with Crippen molar-refractivity contribution in [3.05, 3.63) is 58.9 Å². The number of aliphatic hydroxyl groups excluding tert-OH is 1. The van der Waals surface area contributed by atoms with Gasteiger partial charge < -0.3 is 14.2 Å². The lowest BCUT2D eigenvalue weighted by Gasteiger charge is -2.03. The van der Waals surface area contributed by atoms with Gasteiger partial charge in [-0.05, 0) is 24.3 Å². The molecule has 5 nitrogen and oxygen atoms in total. The molecule has 0 aliphatic heterocycles. The van der Waals surface area contributed by atoms with E-state index in [1.54, 1.807) is 34.9 Å². The lowest BCUT2D eigenvalue weighted by molar-refractivity contribution is 0.0600. The van der Waals surface area contributed by atoms with Gasteiger partial charge >= 0.3 is 5.97 Å². The number of fused-ring (bicyclic) bond motifs is 1. The van der Waals surface area contributed by atoms with E-state index in [4.69, 9.17) is 16.3 Å². The maximum atomic E-state index is 11.6. The second kappa shape index (κ2) is 5.79. The molecule has 0 amide bonds. The number of hydrogen-bond acceptors (Lipinski definition) is 4. The Balaban J connectivity index is 2.18. The van der Waals surface area contributed by atoms with E-state index in [2.05, 4.69) is 4.98 Å². The molecule has 2 heterocycles. The number of pyridine rings is 1. The van der Waals surface area contributed by atoms with Crippen LogP contribution in [0.25, 0.3) is 16.9 Å². The van der Waals surface area contributed by atoms with Crippen molar-refractivity contribution in [1.29, 1.82) is 0 Å². The summed E-state index contributed by atoms with van der Waals surface area (Å²) in [6, 6.07) is 10.5. The summed E-state index contributed by atoms with van der Waals surface area (Å²) >= 11 is 5.90. The Morgan fingerprint density at radius 1 is 1.32 bits per heavy atom. The minimum Gasteiger partial charge on any atom is -0.465 e. The maximum absolute atomic E-state index is 11.6. The first-order valence-electron chi connectivity index (χ1n) is 6.60. The highest BCUT2D eigenvalue weighted by molar-refractivity contribution is 6.30. The first-order valence-corrected chi connectivity index (χ1v) is 6.98. The van der Waals surface area contributed by atoms with Gasteiger partial charge in [-0.2, -0.15) is 0 Å². The molecule has 6 heteroatoms. The average Bonchev–Trinajstić information content (AvgIpc) is 2.92. The van der Waals surface area contributed by atoms with Crippen LogP contribution in [0, 0.1) is 0 Å². The van der Waals surface area contributed by atoms with E-state index in [9.17, 15) is 9.90 Å². The Labute approximate surface area is 131 Å². The zero-order chi connectivity index (χ0) is 15.7. The smallest absolute Gasteiger partial charge is 0.338 e. The van der Waals surface area contributed by atoms with Crippen LogP contribution in [0.15, 0.2) is 42.6 Å². The number of ether oxygens (including phenoxy) is 1. The van der Waals surface area contributed by atoms with Crippen molar-refractivity contribution in [2.45, 2.75) is 6.61 Å². The highest BCUT2D eigenvalue weighted by Gasteiger charge is 2.15. The highest BCUT2D eigenvalue weighted by Crippen LogP contribution is 2.26. The quantitative estimate of drug-likeness (QED) is 0.755. The summed E-state index contributed by atoms with van der Waals surface area (Å²) in [5.74, 6) is -0.427. The summed E-state index contributed by atoms with van der Waals surface area (Å²) in [5.41, 5.74) is 3.12. The molecule has 112 valence electrons. The number of halogens is 1. The molecule has 2 aromatic heterocycles. The number of benzene rings is 1. The monoisotopic (exact) mass is 316 g/mol. The molecule has 0 saturated heterocycles. The Bertz CT molecular complexity index is 840. The van der Waals surface area contributed by atoms with Gasteiger partial charge in [0.25, 0.3) is 0 Å². The summed E-state index contributed by atoms with van der Waals surface area (Å²) in [6.45, 7) is -0.170. The molecule has 22 heavy (non-hydrogen) atoms. The van der Waals surface area contributed by atoms with Gasteiger partial charge in [0.15, 0.2) is 0 Å². The Kier molecular flexibility index (Phi) is 3.83. The number of aromatic nitrogens is 2. The molecular weight excluding hydrogens is 304 g/mol. The van der Waals surface area contributed by atoms with Crippen LogP contribution in [0.3, 0.4) is 0 Å². The topological polar surface area (TPSA) is 63.8 Å². The van der Waals surface area contributed by atoms with Gasteiger partial charge in [0.05, 0.1) is 30.7 Å². The summed E-state index contributed by atoms with van der Waals surface area (Å²) in [6.07, 6.45) is 1.69. The summed E-state index contributed by atoms with van der Waals surface area (Å²) in [5, 5.41) is 10.3. The third-order valence-corrected chi connectivity index (χ3v) is 3.67. The number of hydrogen-bond donors (Lipinski definition) is 1. The van der Waals surface area contributed by atoms with Crippen LogP contribution < -0.4 is 0 Å². The Hall–Kier alpha value is -2.37. The second-order valence-corrected chi connectivity index (χ2v) is 5.14. The predicted octanol–water partition coefficient (Wildman–Crippen LogP) is 2.93. The zero-order valence-corrected chi connectivity index (χ0v) is 12.5. The van der Waals surface area contributed by atoms with Crippen molar-refractivity contribution in [1.82, 2.24) is 9.38 Å². The number of carbonyl (C=O) groups is 1. The molecule has 3 rings (SSSR count). The molecule has 0 aliphatic carbocycles. The molecule has 0 unspecified atom stereocenters. The highest BCUT2D eigenvalue weighted by atomic mass is 35.5. The first-order chi connectivity index (χ1) is 10.6. The molecule has 1 N–H and O–H groups in total. The minimum atomic E-state index is -0.427. The van der Waals surface area contributed by atoms with Crippen LogP contribution in [0.4, 0.5) is 0 Å².